The highest BCUT2D eigenvalue weighted by atomic mass is 19.4. The van der Waals surface area contributed by atoms with Crippen LogP contribution >= 0.6 is 0 Å². The van der Waals surface area contributed by atoms with Gasteiger partial charge in [-0.25, -0.2) is 0 Å². The van der Waals surface area contributed by atoms with Crippen LogP contribution in [0.4, 0.5) is 18.9 Å². The normalized spacial score (nSPS) is 18.9. The van der Waals surface area contributed by atoms with Crippen molar-refractivity contribution in [1.29, 1.82) is 0 Å². The van der Waals surface area contributed by atoms with E-state index >= 15 is 0 Å². The first-order valence-corrected chi connectivity index (χ1v) is 6.30. The van der Waals surface area contributed by atoms with Crippen molar-refractivity contribution in [3.8, 4) is 11.4 Å². The van der Waals surface area contributed by atoms with E-state index in [1.54, 1.807) is 28.8 Å². The number of halogens is 3. The van der Waals surface area contributed by atoms with Crippen LogP contribution in [0.25, 0.3) is 11.4 Å². The molecule has 0 aliphatic carbocycles. The summed E-state index contributed by atoms with van der Waals surface area (Å²) in [6, 6.07) is 6.87. The van der Waals surface area contributed by atoms with Crippen molar-refractivity contribution in [2.45, 2.75) is 25.6 Å². The minimum atomic E-state index is -4.18. The summed E-state index contributed by atoms with van der Waals surface area (Å²) in [5.41, 5.74) is 6.93. The van der Waals surface area contributed by atoms with Crippen molar-refractivity contribution >= 4 is 5.69 Å². The highest BCUT2D eigenvalue weighted by Crippen LogP contribution is 2.35. The highest BCUT2D eigenvalue weighted by Gasteiger charge is 2.42. The van der Waals surface area contributed by atoms with Gasteiger partial charge in [-0.05, 0) is 30.7 Å². The lowest BCUT2D eigenvalue weighted by Crippen LogP contribution is -2.32. The Morgan fingerprint density at radius 1 is 1.15 bits per heavy atom. The Balaban J connectivity index is 1.97. The number of fused-ring (bicyclic) bond motifs is 1. The third-order valence-corrected chi connectivity index (χ3v) is 3.58. The van der Waals surface area contributed by atoms with Gasteiger partial charge in [0.25, 0.3) is 0 Å². The van der Waals surface area contributed by atoms with Crippen molar-refractivity contribution in [1.82, 2.24) is 14.8 Å². The second-order valence-electron chi connectivity index (χ2n) is 4.95. The molecule has 1 atom stereocenters. The summed E-state index contributed by atoms with van der Waals surface area (Å²) in [4.78, 5) is 0. The molecule has 1 aromatic carbocycles. The number of nitrogens with two attached hydrogens (primary N) is 1. The number of aryl methyl sites for hydroxylation is 1. The van der Waals surface area contributed by atoms with Crippen LogP contribution in [0.2, 0.25) is 0 Å². The number of nitrogen functional groups attached to an aromatic ring is 1. The molecule has 4 nitrogen and oxygen atoms in total. The third-order valence-electron chi connectivity index (χ3n) is 3.58. The highest BCUT2D eigenvalue weighted by molar-refractivity contribution is 5.59. The molecule has 1 unspecified atom stereocenters. The van der Waals surface area contributed by atoms with Gasteiger partial charge in [0.15, 0.2) is 5.82 Å². The fourth-order valence-electron chi connectivity index (χ4n) is 2.44. The van der Waals surface area contributed by atoms with E-state index in [9.17, 15) is 13.2 Å². The van der Waals surface area contributed by atoms with E-state index in [0.29, 0.717) is 23.8 Å². The lowest BCUT2D eigenvalue weighted by Gasteiger charge is -2.26. The molecule has 1 aliphatic heterocycles. The summed E-state index contributed by atoms with van der Waals surface area (Å²) in [6.45, 7) is -0.120. The van der Waals surface area contributed by atoms with Crippen LogP contribution in [0, 0.1) is 5.92 Å². The van der Waals surface area contributed by atoms with Crippen LogP contribution < -0.4 is 5.73 Å². The van der Waals surface area contributed by atoms with Crippen LogP contribution in [0.15, 0.2) is 24.3 Å². The van der Waals surface area contributed by atoms with Gasteiger partial charge in [-0.15, -0.1) is 10.2 Å². The van der Waals surface area contributed by atoms with Gasteiger partial charge in [0.05, 0.1) is 5.92 Å². The number of hydrogen-bond acceptors (Lipinski definition) is 3. The summed E-state index contributed by atoms with van der Waals surface area (Å²) < 4.78 is 40.1. The molecule has 1 aliphatic rings. The van der Waals surface area contributed by atoms with E-state index in [-0.39, 0.29) is 13.0 Å². The lowest BCUT2D eigenvalue weighted by molar-refractivity contribution is -0.182. The zero-order valence-electron chi connectivity index (χ0n) is 10.6. The molecule has 3 rings (SSSR count). The van der Waals surface area contributed by atoms with Gasteiger partial charge in [-0.1, -0.05) is 0 Å². The maximum atomic E-state index is 12.9. The Hall–Kier alpha value is -2.05. The Morgan fingerprint density at radius 3 is 2.50 bits per heavy atom. The molecule has 106 valence electrons. The molecule has 1 aromatic heterocycles. The summed E-state index contributed by atoms with van der Waals surface area (Å²) in [6.07, 6.45) is -3.81. The molecular weight excluding hydrogens is 269 g/mol. The number of nitrogens with zero attached hydrogens (tertiary/aromatic N) is 3. The average Bonchev–Trinajstić information content (AvgIpc) is 2.81. The topological polar surface area (TPSA) is 56.7 Å². The molecule has 0 fully saturated rings. The SMILES string of the molecule is Nc1ccc(-c2nnc3n2CC(C(F)(F)F)CC3)cc1. The summed E-state index contributed by atoms with van der Waals surface area (Å²) in [5.74, 6) is -0.259. The van der Waals surface area contributed by atoms with Gasteiger partial charge in [0.1, 0.15) is 5.82 Å². The molecular formula is C13H13F3N4. The Bertz CT molecular complexity index is 616. The van der Waals surface area contributed by atoms with E-state index < -0.39 is 12.1 Å². The van der Waals surface area contributed by atoms with Gasteiger partial charge in [0.2, 0.25) is 0 Å². The predicted molar refractivity (Wildman–Crippen MR) is 67.7 cm³/mol. The molecule has 0 saturated carbocycles. The Labute approximate surface area is 113 Å². The largest absolute Gasteiger partial charge is 0.399 e. The van der Waals surface area contributed by atoms with Crippen molar-refractivity contribution in [3.05, 3.63) is 30.1 Å². The van der Waals surface area contributed by atoms with Crippen molar-refractivity contribution < 1.29 is 13.2 Å². The molecule has 2 aromatic rings. The van der Waals surface area contributed by atoms with Crippen molar-refractivity contribution in [3.63, 3.8) is 0 Å². The molecule has 7 heteroatoms. The molecule has 0 saturated heterocycles. The quantitative estimate of drug-likeness (QED) is 0.818. The first-order valence-electron chi connectivity index (χ1n) is 6.30. The number of alkyl halides is 3. The zero-order chi connectivity index (χ0) is 14.3. The maximum Gasteiger partial charge on any atom is 0.393 e. The summed E-state index contributed by atoms with van der Waals surface area (Å²) in [7, 11) is 0. The van der Waals surface area contributed by atoms with E-state index in [1.807, 2.05) is 0 Å². The van der Waals surface area contributed by atoms with Gasteiger partial charge in [0, 0.05) is 24.2 Å². The summed E-state index contributed by atoms with van der Waals surface area (Å²) >= 11 is 0. The molecule has 2 N–H and O–H groups in total. The van der Waals surface area contributed by atoms with Crippen LogP contribution in [0.1, 0.15) is 12.2 Å². The van der Waals surface area contributed by atoms with E-state index in [4.69, 9.17) is 5.73 Å². The zero-order valence-corrected chi connectivity index (χ0v) is 10.6. The molecule has 20 heavy (non-hydrogen) atoms. The Kier molecular flexibility index (Phi) is 2.92. The van der Waals surface area contributed by atoms with Crippen LogP contribution in [-0.2, 0) is 13.0 Å². The van der Waals surface area contributed by atoms with Crippen LogP contribution in [0.5, 0.6) is 0 Å². The van der Waals surface area contributed by atoms with Gasteiger partial charge >= 0.3 is 6.18 Å². The number of benzene rings is 1. The number of anilines is 1. The first kappa shape index (κ1) is 13.0. The second-order valence-corrected chi connectivity index (χ2v) is 4.95. The van der Waals surface area contributed by atoms with E-state index in [2.05, 4.69) is 10.2 Å². The fourth-order valence-corrected chi connectivity index (χ4v) is 2.44. The molecule has 0 spiro atoms. The third kappa shape index (κ3) is 2.23. The predicted octanol–water partition coefficient (Wildman–Crippen LogP) is 2.65. The molecule has 0 bridgehead atoms. The lowest BCUT2D eigenvalue weighted by atomic mass is 9.98. The maximum absolute atomic E-state index is 12.9. The number of aromatic nitrogens is 3. The molecule has 0 amide bonds. The minimum absolute atomic E-state index is 0.0728. The van der Waals surface area contributed by atoms with Gasteiger partial charge in [-0.2, -0.15) is 13.2 Å². The van der Waals surface area contributed by atoms with E-state index in [1.165, 1.54) is 0 Å². The van der Waals surface area contributed by atoms with Crippen LogP contribution in [-0.4, -0.2) is 20.9 Å². The van der Waals surface area contributed by atoms with Gasteiger partial charge in [-0.3, -0.25) is 0 Å². The van der Waals surface area contributed by atoms with Gasteiger partial charge < -0.3 is 10.3 Å². The average molecular weight is 282 g/mol. The first-order chi connectivity index (χ1) is 9.45. The number of rotatable bonds is 1. The molecule has 0 radical (unpaired) electrons. The minimum Gasteiger partial charge on any atom is -0.399 e. The summed E-state index contributed by atoms with van der Waals surface area (Å²) in [5, 5.41) is 8.01. The van der Waals surface area contributed by atoms with E-state index in [0.717, 1.165) is 5.56 Å². The molecule has 2 heterocycles. The monoisotopic (exact) mass is 282 g/mol. The standard InChI is InChI=1S/C13H13F3N4/c14-13(15,16)9-3-6-11-18-19-12(20(11)7-9)8-1-4-10(17)5-2-8/h1-2,4-5,9H,3,6-7,17H2. The smallest absolute Gasteiger partial charge is 0.393 e. The number of hydrogen-bond donors (Lipinski definition) is 1. The second kappa shape index (κ2) is 4.50. The van der Waals surface area contributed by atoms with Crippen molar-refractivity contribution in [2.75, 3.05) is 5.73 Å². The van der Waals surface area contributed by atoms with Crippen molar-refractivity contribution in [2.24, 2.45) is 5.92 Å². The van der Waals surface area contributed by atoms with Crippen LogP contribution in [0.3, 0.4) is 0 Å². The fraction of sp³-hybridized carbons (Fsp3) is 0.385. The Morgan fingerprint density at radius 2 is 1.85 bits per heavy atom.